The standard InChI is InChI=1S/C20H38/c1-3-5-7-9-11-13-15-17-19-20-18-16-14-12-10-8-6-4-2/h3,7,9H,1,4-6,8,10-20H2,2H3/b9-7+. The van der Waals surface area contributed by atoms with Gasteiger partial charge in [-0.15, -0.1) is 6.58 Å². The highest BCUT2D eigenvalue weighted by Crippen LogP contribution is 2.12. The maximum Gasteiger partial charge on any atom is -0.0172 e. The fourth-order valence-electron chi connectivity index (χ4n) is 2.59. The molecule has 0 N–H and O–H groups in total. The van der Waals surface area contributed by atoms with Crippen molar-refractivity contribution in [2.75, 3.05) is 0 Å². The fourth-order valence-corrected chi connectivity index (χ4v) is 2.59. The summed E-state index contributed by atoms with van der Waals surface area (Å²) < 4.78 is 0. The second-order valence-electron chi connectivity index (χ2n) is 6.03. The first-order chi connectivity index (χ1) is 9.91. The van der Waals surface area contributed by atoms with Crippen LogP contribution in [0.25, 0.3) is 0 Å². The van der Waals surface area contributed by atoms with E-state index in [1.54, 1.807) is 0 Å². The van der Waals surface area contributed by atoms with E-state index in [0.717, 1.165) is 6.42 Å². The van der Waals surface area contributed by atoms with Crippen LogP contribution in [-0.2, 0) is 0 Å². The van der Waals surface area contributed by atoms with Crippen molar-refractivity contribution in [2.45, 2.75) is 103 Å². The molecule has 118 valence electrons. The topological polar surface area (TPSA) is 0 Å². The summed E-state index contributed by atoms with van der Waals surface area (Å²) in [5.74, 6) is 0. The SMILES string of the molecule is C=CC/C=C/CCCCCCCCCCCCCCC. The molecule has 0 aliphatic heterocycles. The Morgan fingerprint density at radius 1 is 0.600 bits per heavy atom. The van der Waals surface area contributed by atoms with E-state index in [-0.39, 0.29) is 0 Å². The molecule has 0 aromatic carbocycles. The van der Waals surface area contributed by atoms with Crippen LogP contribution in [0.15, 0.2) is 24.8 Å². The van der Waals surface area contributed by atoms with Gasteiger partial charge in [-0.2, -0.15) is 0 Å². The van der Waals surface area contributed by atoms with Crippen LogP contribution < -0.4 is 0 Å². The molecule has 0 saturated heterocycles. The summed E-state index contributed by atoms with van der Waals surface area (Å²) >= 11 is 0. The molecule has 0 atom stereocenters. The first-order valence-electron chi connectivity index (χ1n) is 9.17. The summed E-state index contributed by atoms with van der Waals surface area (Å²) in [5.41, 5.74) is 0. The van der Waals surface area contributed by atoms with Crippen LogP contribution in [0, 0.1) is 0 Å². The van der Waals surface area contributed by atoms with E-state index in [1.165, 1.54) is 89.9 Å². The molecule has 0 saturated carbocycles. The highest BCUT2D eigenvalue weighted by atomic mass is 14.0. The summed E-state index contributed by atoms with van der Waals surface area (Å²) in [7, 11) is 0. The van der Waals surface area contributed by atoms with Gasteiger partial charge in [0.05, 0.1) is 0 Å². The van der Waals surface area contributed by atoms with Crippen LogP contribution in [-0.4, -0.2) is 0 Å². The van der Waals surface area contributed by atoms with Crippen LogP contribution in [0.2, 0.25) is 0 Å². The van der Waals surface area contributed by atoms with Gasteiger partial charge in [0.1, 0.15) is 0 Å². The van der Waals surface area contributed by atoms with Gasteiger partial charge >= 0.3 is 0 Å². The van der Waals surface area contributed by atoms with Crippen LogP contribution in [0.1, 0.15) is 103 Å². The van der Waals surface area contributed by atoms with Gasteiger partial charge in [-0.25, -0.2) is 0 Å². The average Bonchev–Trinajstić information content (AvgIpc) is 2.47. The Balaban J connectivity index is 2.97. The number of hydrogen-bond donors (Lipinski definition) is 0. The van der Waals surface area contributed by atoms with E-state index in [9.17, 15) is 0 Å². The average molecular weight is 279 g/mol. The Hall–Kier alpha value is -0.520. The van der Waals surface area contributed by atoms with Crippen molar-refractivity contribution in [3.63, 3.8) is 0 Å². The number of unbranched alkanes of at least 4 members (excludes halogenated alkanes) is 13. The minimum absolute atomic E-state index is 1.03. The minimum Gasteiger partial charge on any atom is -0.103 e. The molecule has 0 unspecified atom stereocenters. The minimum atomic E-state index is 1.03. The molecule has 0 rings (SSSR count). The molecule has 0 nitrogen and oxygen atoms in total. The van der Waals surface area contributed by atoms with Crippen LogP contribution in [0.3, 0.4) is 0 Å². The Morgan fingerprint density at radius 2 is 1.05 bits per heavy atom. The molecule has 20 heavy (non-hydrogen) atoms. The predicted molar refractivity (Wildman–Crippen MR) is 94.3 cm³/mol. The van der Waals surface area contributed by atoms with Crippen molar-refractivity contribution in [1.82, 2.24) is 0 Å². The summed E-state index contributed by atoms with van der Waals surface area (Å²) in [6, 6.07) is 0. The van der Waals surface area contributed by atoms with E-state index >= 15 is 0 Å². The van der Waals surface area contributed by atoms with Crippen molar-refractivity contribution in [3.8, 4) is 0 Å². The molecule has 0 amide bonds. The first kappa shape index (κ1) is 19.5. The quantitative estimate of drug-likeness (QED) is 0.201. The maximum atomic E-state index is 3.72. The molecule has 0 spiro atoms. The van der Waals surface area contributed by atoms with Gasteiger partial charge in [-0.1, -0.05) is 102 Å². The second kappa shape index (κ2) is 18.5. The molecule has 0 aliphatic rings. The zero-order valence-corrected chi connectivity index (χ0v) is 14.0. The Bertz CT molecular complexity index is 202. The van der Waals surface area contributed by atoms with Crippen LogP contribution in [0.4, 0.5) is 0 Å². The van der Waals surface area contributed by atoms with Crippen LogP contribution in [0.5, 0.6) is 0 Å². The van der Waals surface area contributed by atoms with E-state index in [2.05, 4.69) is 25.7 Å². The summed E-state index contributed by atoms with van der Waals surface area (Å²) in [6.07, 6.45) is 27.5. The van der Waals surface area contributed by atoms with Crippen molar-refractivity contribution >= 4 is 0 Å². The lowest BCUT2D eigenvalue weighted by Gasteiger charge is -2.02. The third-order valence-corrected chi connectivity index (χ3v) is 3.94. The second-order valence-corrected chi connectivity index (χ2v) is 6.03. The summed E-state index contributed by atoms with van der Waals surface area (Å²) in [5, 5.41) is 0. The Kier molecular flexibility index (Phi) is 18.0. The van der Waals surface area contributed by atoms with Gasteiger partial charge in [0, 0.05) is 0 Å². The smallest absolute Gasteiger partial charge is 0.0172 e. The number of hydrogen-bond acceptors (Lipinski definition) is 0. The normalized spacial score (nSPS) is 11.2. The van der Waals surface area contributed by atoms with Gasteiger partial charge in [0.2, 0.25) is 0 Å². The van der Waals surface area contributed by atoms with E-state index < -0.39 is 0 Å². The molecule has 0 fully saturated rings. The van der Waals surface area contributed by atoms with Crippen LogP contribution >= 0.6 is 0 Å². The van der Waals surface area contributed by atoms with Crippen molar-refractivity contribution in [1.29, 1.82) is 0 Å². The zero-order chi connectivity index (χ0) is 14.7. The lowest BCUT2D eigenvalue weighted by atomic mass is 10.0. The third-order valence-electron chi connectivity index (χ3n) is 3.94. The number of allylic oxidation sites excluding steroid dienone is 3. The highest BCUT2D eigenvalue weighted by Gasteiger charge is 1.93. The van der Waals surface area contributed by atoms with Crippen molar-refractivity contribution in [2.24, 2.45) is 0 Å². The van der Waals surface area contributed by atoms with Gasteiger partial charge < -0.3 is 0 Å². The summed E-state index contributed by atoms with van der Waals surface area (Å²) in [4.78, 5) is 0. The lowest BCUT2D eigenvalue weighted by molar-refractivity contribution is 0.540. The molecular formula is C20H38. The molecule has 0 aromatic rings. The molecule has 0 aliphatic carbocycles. The van der Waals surface area contributed by atoms with E-state index in [4.69, 9.17) is 0 Å². The molecular weight excluding hydrogens is 240 g/mol. The first-order valence-corrected chi connectivity index (χ1v) is 9.17. The largest absolute Gasteiger partial charge is 0.103 e. The monoisotopic (exact) mass is 278 g/mol. The molecule has 0 aromatic heterocycles. The van der Waals surface area contributed by atoms with E-state index in [0.29, 0.717) is 0 Å². The van der Waals surface area contributed by atoms with Gasteiger partial charge in [0.25, 0.3) is 0 Å². The van der Waals surface area contributed by atoms with Crippen molar-refractivity contribution in [3.05, 3.63) is 24.8 Å². The highest BCUT2D eigenvalue weighted by molar-refractivity contribution is 4.87. The zero-order valence-electron chi connectivity index (χ0n) is 14.0. The van der Waals surface area contributed by atoms with E-state index in [1.807, 2.05) is 6.08 Å². The lowest BCUT2D eigenvalue weighted by Crippen LogP contribution is -1.82. The van der Waals surface area contributed by atoms with Gasteiger partial charge in [-0.05, 0) is 19.3 Å². The fraction of sp³-hybridized carbons (Fsp3) is 0.800. The predicted octanol–water partition coefficient (Wildman–Crippen LogP) is 7.60. The van der Waals surface area contributed by atoms with Gasteiger partial charge in [0.15, 0.2) is 0 Å². The molecule has 0 heterocycles. The molecule has 0 radical (unpaired) electrons. The number of rotatable bonds is 16. The Labute approximate surface area is 128 Å². The maximum absolute atomic E-state index is 3.72. The third kappa shape index (κ3) is 17.5. The molecule has 0 bridgehead atoms. The molecule has 0 heteroatoms. The van der Waals surface area contributed by atoms with Gasteiger partial charge in [-0.3, -0.25) is 0 Å². The Morgan fingerprint density at radius 3 is 1.50 bits per heavy atom. The summed E-state index contributed by atoms with van der Waals surface area (Å²) in [6.45, 7) is 6.01. The van der Waals surface area contributed by atoms with Crippen molar-refractivity contribution < 1.29 is 0 Å².